The summed E-state index contributed by atoms with van der Waals surface area (Å²) in [6, 6.07) is 8.73. The van der Waals surface area contributed by atoms with Gasteiger partial charge in [-0.25, -0.2) is 0 Å². The average Bonchev–Trinajstić information content (AvgIpc) is 2.84. The maximum Gasteiger partial charge on any atom is 0.126 e. The lowest BCUT2D eigenvalue weighted by Crippen LogP contribution is -2.20. The maximum absolute atomic E-state index is 5.89. The van der Waals surface area contributed by atoms with Gasteiger partial charge in [0.05, 0.1) is 19.1 Å². The van der Waals surface area contributed by atoms with Crippen LogP contribution >= 0.6 is 0 Å². The number of hydrogen-bond acceptors (Lipinski definition) is 3. The van der Waals surface area contributed by atoms with Gasteiger partial charge in [0.25, 0.3) is 0 Å². The second kappa shape index (κ2) is 5.49. The number of furan rings is 1. The van der Waals surface area contributed by atoms with E-state index < -0.39 is 0 Å². The SMILES string of the molecule is Cc1cccc2c1OCCCC2NCc1ccoc1. The van der Waals surface area contributed by atoms with Gasteiger partial charge >= 0.3 is 0 Å². The van der Waals surface area contributed by atoms with Crippen LogP contribution in [0.3, 0.4) is 0 Å². The van der Waals surface area contributed by atoms with Gasteiger partial charge in [-0.2, -0.15) is 0 Å². The van der Waals surface area contributed by atoms with Gasteiger partial charge < -0.3 is 14.5 Å². The van der Waals surface area contributed by atoms with Crippen LogP contribution in [-0.4, -0.2) is 6.61 Å². The molecule has 3 rings (SSSR count). The lowest BCUT2D eigenvalue weighted by atomic mass is 9.99. The second-order valence-corrected chi connectivity index (χ2v) is 5.05. The van der Waals surface area contributed by atoms with E-state index in [-0.39, 0.29) is 0 Å². The van der Waals surface area contributed by atoms with Crippen molar-refractivity contribution in [3.05, 3.63) is 53.5 Å². The molecule has 3 heteroatoms. The molecule has 100 valence electrons. The molecule has 1 aliphatic heterocycles. The third kappa shape index (κ3) is 2.66. The molecule has 1 unspecified atom stereocenters. The number of para-hydroxylation sites is 1. The lowest BCUT2D eigenvalue weighted by molar-refractivity contribution is 0.313. The molecule has 1 atom stereocenters. The largest absolute Gasteiger partial charge is 0.493 e. The number of rotatable bonds is 3. The van der Waals surface area contributed by atoms with Crippen LogP contribution in [0, 0.1) is 6.92 Å². The molecule has 2 heterocycles. The van der Waals surface area contributed by atoms with Gasteiger partial charge in [0.2, 0.25) is 0 Å². The summed E-state index contributed by atoms with van der Waals surface area (Å²) in [5, 5.41) is 3.61. The Labute approximate surface area is 113 Å². The van der Waals surface area contributed by atoms with Gasteiger partial charge in [-0.3, -0.25) is 0 Å². The first-order valence-corrected chi connectivity index (χ1v) is 6.81. The number of aryl methyl sites for hydroxylation is 1. The predicted molar refractivity (Wildman–Crippen MR) is 74.2 cm³/mol. The van der Waals surface area contributed by atoms with Gasteiger partial charge in [-0.15, -0.1) is 0 Å². The smallest absolute Gasteiger partial charge is 0.126 e. The van der Waals surface area contributed by atoms with Crippen LogP contribution in [0.2, 0.25) is 0 Å². The zero-order valence-corrected chi connectivity index (χ0v) is 11.2. The van der Waals surface area contributed by atoms with Crippen LogP contribution in [0.5, 0.6) is 5.75 Å². The summed E-state index contributed by atoms with van der Waals surface area (Å²) in [4.78, 5) is 0. The third-order valence-electron chi connectivity index (χ3n) is 3.63. The normalized spacial score (nSPS) is 18.5. The fourth-order valence-corrected chi connectivity index (χ4v) is 2.61. The molecular weight excluding hydrogens is 238 g/mol. The minimum Gasteiger partial charge on any atom is -0.493 e. The maximum atomic E-state index is 5.89. The molecule has 2 aromatic rings. The molecule has 0 fully saturated rings. The number of hydrogen-bond donors (Lipinski definition) is 1. The van der Waals surface area contributed by atoms with Crippen LogP contribution in [0.25, 0.3) is 0 Å². The number of nitrogens with one attached hydrogen (secondary N) is 1. The van der Waals surface area contributed by atoms with E-state index >= 15 is 0 Å². The molecule has 3 nitrogen and oxygen atoms in total. The van der Waals surface area contributed by atoms with Gasteiger partial charge in [0.1, 0.15) is 5.75 Å². The quantitative estimate of drug-likeness (QED) is 0.912. The number of ether oxygens (including phenoxy) is 1. The zero-order chi connectivity index (χ0) is 13.1. The summed E-state index contributed by atoms with van der Waals surface area (Å²) in [7, 11) is 0. The van der Waals surface area contributed by atoms with E-state index in [0.29, 0.717) is 6.04 Å². The molecule has 0 radical (unpaired) electrons. The Balaban J connectivity index is 1.80. The molecule has 1 aromatic carbocycles. The standard InChI is InChI=1S/C16H19NO2/c1-12-4-2-5-14-15(6-3-8-19-16(12)14)17-10-13-7-9-18-11-13/h2,4-5,7,9,11,15,17H,3,6,8,10H2,1H3. The van der Waals surface area contributed by atoms with E-state index in [0.717, 1.165) is 31.7 Å². The summed E-state index contributed by atoms with van der Waals surface area (Å²) in [5.74, 6) is 1.06. The van der Waals surface area contributed by atoms with Gasteiger partial charge in [-0.1, -0.05) is 18.2 Å². The zero-order valence-electron chi connectivity index (χ0n) is 11.2. The Morgan fingerprint density at radius 3 is 3.11 bits per heavy atom. The highest BCUT2D eigenvalue weighted by Crippen LogP contribution is 2.34. The topological polar surface area (TPSA) is 34.4 Å². The van der Waals surface area contributed by atoms with E-state index in [1.54, 1.807) is 12.5 Å². The summed E-state index contributed by atoms with van der Waals surface area (Å²) >= 11 is 0. The molecule has 1 aromatic heterocycles. The predicted octanol–water partition coefficient (Wildman–Crippen LogP) is 3.59. The highest BCUT2D eigenvalue weighted by molar-refractivity contribution is 5.43. The molecule has 0 amide bonds. The third-order valence-corrected chi connectivity index (χ3v) is 3.63. The monoisotopic (exact) mass is 257 g/mol. The first-order valence-electron chi connectivity index (χ1n) is 6.81. The molecule has 0 bridgehead atoms. The fraction of sp³-hybridized carbons (Fsp3) is 0.375. The van der Waals surface area contributed by atoms with Crippen molar-refractivity contribution in [1.29, 1.82) is 0 Å². The van der Waals surface area contributed by atoms with Crippen molar-refractivity contribution in [2.75, 3.05) is 6.61 Å². The highest BCUT2D eigenvalue weighted by atomic mass is 16.5. The molecule has 0 saturated heterocycles. The fourth-order valence-electron chi connectivity index (χ4n) is 2.61. The Morgan fingerprint density at radius 1 is 1.32 bits per heavy atom. The van der Waals surface area contributed by atoms with E-state index in [1.807, 2.05) is 6.07 Å². The Hall–Kier alpha value is -1.74. The van der Waals surface area contributed by atoms with Crippen LogP contribution in [0.15, 0.2) is 41.2 Å². The molecule has 19 heavy (non-hydrogen) atoms. The summed E-state index contributed by atoms with van der Waals surface area (Å²) in [6.45, 7) is 3.74. The van der Waals surface area contributed by atoms with Crippen molar-refractivity contribution in [3.8, 4) is 5.75 Å². The second-order valence-electron chi connectivity index (χ2n) is 5.05. The van der Waals surface area contributed by atoms with Crippen LogP contribution < -0.4 is 10.1 Å². The van der Waals surface area contributed by atoms with Gasteiger partial charge in [0, 0.05) is 23.7 Å². The van der Waals surface area contributed by atoms with Crippen molar-refractivity contribution in [1.82, 2.24) is 5.32 Å². The van der Waals surface area contributed by atoms with Crippen molar-refractivity contribution in [2.24, 2.45) is 0 Å². The van der Waals surface area contributed by atoms with Crippen molar-refractivity contribution in [2.45, 2.75) is 32.4 Å². The molecule has 1 N–H and O–H groups in total. The first-order chi connectivity index (χ1) is 9.34. The molecule has 1 aliphatic rings. The van der Waals surface area contributed by atoms with E-state index in [1.165, 1.54) is 16.7 Å². The Bertz CT molecular complexity index is 534. The van der Waals surface area contributed by atoms with E-state index in [2.05, 4.69) is 30.4 Å². The Kier molecular flexibility index (Phi) is 3.56. The summed E-state index contributed by atoms with van der Waals surface area (Å²) in [6.07, 6.45) is 5.69. The van der Waals surface area contributed by atoms with Crippen molar-refractivity contribution < 1.29 is 9.15 Å². The highest BCUT2D eigenvalue weighted by Gasteiger charge is 2.20. The molecule has 0 saturated carbocycles. The molecule has 0 spiro atoms. The van der Waals surface area contributed by atoms with Crippen molar-refractivity contribution >= 4 is 0 Å². The summed E-state index contributed by atoms with van der Waals surface area (Å²) in [5.41, 5.74) is 3.68. The average molecular weight is 257 g/mol. The van der Waals surface area contributed by atoms with Crippen LogP contribution in [0.4, 0.5) is 0 Å². The van der Waals surface area contributed by atoms with Gasteiger partial charge in [0.15, 0.2) is 0 Å². The van der Waals surface area contributed by atoms with E-state index in [9.17, 15) is 0 Å². The van der Waals surface area contributed by atoms with E-state index in [4.69, 9.17) is 9.15 Å². The van der Waals surface area contributed by atoms with Gasteiger partial charge in [-0.05, 0) is 31.4 Å². The first kappa shape index (κ1) is 12.3. The minimum atomic E-state index is 0.354. The summed E-state index contributed by atoms with van der Waals surface area (Å²) < 4.78 is 11.0. The lowest BCUT2D eigenvalue weighted by Gasteiger charge is -2.19. The Morgan fingerprint density at radius 2 is 2.26 bits per heavy atom. The van der Waals surface area contributed by atoms with Crippen LogP contribution in [-0.2, 0) is 6.54 Å². The van der Waals surface area contributed by atoms with Crippen molar-refractivity contribution in [3.63, 3.8) is 0 Å². The molecule has 0 aliphatic carbocycles. The number of benzene rings is 1. The molecular formula is C16H19NO2. The minimum absolute atomic E-state index is 0.354. The van der Waals surface area contributed by atoms with Crippen LogP contribution in [0.1, 0.15) is 35.6 Å². The number of fused-ring (bicyclic) bond motifs is 1.